The van der Waals surface area contributed by atoms with Crippen LogP contribution in [0.2, 0.25) is 0 Å². The van der Waals surface area contributed by atoms with Crippen molar-refractivity contribution in [3.63, 3.8) is 0 Å². The fourth-order valence-corrected chi connectivity index (χ4v) is 3.01. The highest BCUT2D eigenvalue weighted by Crippen LogP contribution is 2.29. The molecule has 2 rings (SSSR count). The van der Waals surface area contributed by atoms with Crippen LogP contribution in [0.5, 0.6) is 0 Å². The minimum absolute atomic E-state index is 0. The Balaban J connectivity index is 0.00000392. The van der Waals surface area contributed by atoms with Crippen molar-refractivity contribution < 1.29 is 13.2 Å². The van der Waals surface area contributed by atoms with Crippen LogP contribution in [0.1, 0.15) is 28.1 Å². The monoisotopic (exact) mass is 509 g/mol. The van der Waals surface area contributed by atoms with Crippen LogP contribution >= 0.6 is 24.0 Å². The zero-order valence-electron chi connectivity index (χ0n) is 16.8. The molecule has 0 bridgehead atoms. The molecule has 2 aromatic rings. The molecule has 0 aliphatic carbocycles. The van der Waals surface area contributed by atoms with Crippen LogP contribution in [0.25, 0.3) is 0 Å². The van der Waals surface area contributed by atoms with Crippen molar-refractivity contribution in [3.8, 4) is 0 Å². The van der Waals surface area contributed by atoms with E-state index < -0.39 is 11.7 Å². The lowest BCUT2D eigenvalue weighted by molar-refractivity contribution is -0.137. The maximum atomic E-state index is 12.7. The molecule has 0 aliphatic heterocycles. The first kappa shape index (κ1) is 24.3. The van der Waals surface area contributed by atoms with E-state index in [2.05, 4.69) is 15.4 Å². The van der Waals surface area contributed by atoms with Crippen LogP contribution in [-0.4, -0.2) is 41.3 Å². The van der Waals surface area contributed by atoms with Gasteiger partial charge in [0.15, 0.2) is 5.96 Å². The van der Waals surface area contributed by atoms with Crippen LogP contribution in [0, 0.1) is 13.8 Å². The maximum absolute atomic E-state index is 12.7. The van der Waals surface area contributed by atoms with Gasteiger partial charge in [-0.2, -0.15) is 18.3 Å². The molecule has 1 aromatic carbocycles. The van der Waals surface area contributed by atoms with Crippen molar-refractivity contribution in [3.05, 3.63) is 52.3 Å². The number of hydrogen-bond donors (Lipinski definition) is 1. The van der Waals surface area contributed by atoms with Gasteiger partial charge in [0.1, 0.15) is 0 Å². The number of aryl methyl sites for hydroxylation is 2. The Kier molecular flexibility index (Phi) is 8.77. The summed E-state index contributed by atoms with van der Waals surface area (Å²) in [5, 5.41) is 7.71. The van der Waals surface area contributed by atoms with Gasteiger partial charge < -0.3 is 10.2 Å². The van der Waals surface area contributed by atoms with Crippen LogP contribution in [-0.2, 0) is 26.2 Å². The molecule has 1 aromatic heterocycles. The van der Waals surface area contributed by atoms with Crippen LogP contribution in [0.15, 0.2) is 29.3 Å². The SMILES string of the molecule is CN=C(NCCc1c(C)nn(C)c1C)N(C)Cc1ccc(C(F)(F)F)cc1.I. The van der Waals surface area contributed by atoms with E-state index in [1.54, 1.807) is 7.05 Å². The molecule has 28 heavy (non-hydrogen) atoms. The lowest BCUT2D eigenvalue weighted by Gasteiger charge is -2.22. The van der Waals surface area contributed by atoms with Crippen molar-refractivity contribution in [2.45, 2.75) is 33.0 Å². The summed E-state index contributed by atoms with van der Waals surface area (Å²) < 4.78 is 39.8. The van der Waals surface area contributed by atoms with Crippen molar-refractivity contribution >= 4 is 29.9 Å². The summed E-state index contributed by atoms with van der Waals surface area (Å²) in [5.74, 6) is 0.689. The standard InChI is InChI=1S/C19H26F3N5.HI/c1-13-17(14(2)27(5)25-13)10-11-24-18(23-3)26(4)12-15-6-8-16(9-7-15)19(20,21)22;/h6-9H,10-12H2,1-5H3,(H,23,24);1H. The third-order valence-electron chi connectivity index (χ3n) is 4.59. The lowest BCUT2D eigenvalue weighted by atomic mass is 10.1. The molecule has 0 fully saturated rings. The van der Waals surface area contributed by atoms with Gasteiger partial charge >= 0.3 is 6.18 Å². The minimum Gasteiger partial charge on any atom is -0.356 e. The second-order valence-corrected chi connectivity index (χ2v) is 6.55. The quantitative estimate of drug-likeness (QED) is 0.378. The summed E-state index contributed by atoms with van der Waals surface area (Å²) in [6.45, 7) is 5.19. The molecular weight excluding hydrogens is 482 g/mol. The average molecular weight is 509 g/mol. The Morgan fingerprint density at radius 1 is 1.21 bits per heavy atom. The van der Waals surface area contributed by atoms with Gasteiger partial charge in [-0.25, -0.2) is 0 Å². The smallest absolute Gasteiger partial charge is 0.356 e. The van der Waals surface area contributed by atoms with Gasteiger partial charge in [-0.1, -0.05) is 12.1 Å². The Bertz CT molecular complexity index is 797. The minimum atomic E-state index is -4.31. The van der Waals surface area contributed by atoms with Gasteiger partial charge in [0.25, 0.3) is 0 Å². The summed E-state index contributed by atoms with van der Waals surface area (Å²) in [4.78, 5) is 6.13. The third kappa shape index (κ3) is 6.11. The summed E-state index contributed by atoms with van der Waals surface area (Å²) in [6, 6.07) is 5.20. The van der Waals surface area contributed by atoms with E-state index >= 15 is 0 Å². The van der Waals surface area contributed by atoms with E-state index in [0.717, 1.165) is 35.5 Å². The molecule has 9 heteroatoms. The molecule has 0 saturated heterocycles. The van der Waals surface area contributed by atoms with E-state index in [9.17, 15) is 13.2 Å². The Morgan fingerprint density at radius 2 is 1.82 bits per heavy atom. The first-order chi connectivity index (χ1) is 12.6. The number of guanidine groups is 1. The average Bonchev–Trinajstić information content (AvgIpc) is 2.84. The normalized spacial score (nSPS) is 11.9. The predicted octanol–water partition coefficient (Wildman–Crippen LogP) is 3.92. The molecular formula is C19H27F3IN5. The molecule has 156 valence electrons. The van der Waals surface area contributed by atoms with Crippen LogP contribution < -0.4 is 5.32 Å². The summed E-state index contributed by atoms with van der Waals surface area (Å²) in [5.41, 5.74) is 3.52. The summed E-state index contributed by atoms with van der Waals surface area (Å²) >= 11 is 0. The van der Waals surface area contributed by atoms with E-state index in [4.69, 9.17) is 0 Å². The van der Waals surface area contributed by atoms with Crippen molar-refractivity contribution in [2.75, 3.05) is 20.6 Å². The van der Waals surface area contributed by atoms with Crippen LogP contribution in [0.3, 0.4) is 0 Å². The van der Waals surface area contributed by atoms with Gasteiger partial charge in [0, 0.05) is 39.9 Å². The van der Waals surface area contributed by atoms with Crippen molar-refractivity contribution in [1.82, 2.24) is 20.0 Å². The number of aromatic nitrogens is 2. The third-order valence-corrected chi connectivity index (χ3v) is 4.59. The molecule has 0 atom stereocenters. The van der Waals surface area contributed by atoms with E-state index in [-0.39, 0.29) is 24.0 Å². The zero-order valence-corrected chi connectivity index (χ0v) is 19.1. The number of nitrogens with zero attached hydrogens (tertiary/aromatic N) is 4. The molecule has 0 amide bonds. The van der Waals surface area contributed by atoms with Gasteiger partial charge in [-0.3, -0.25) is 9.67 Å². The number of nitrogens with one attached hydrogen (secondary N) is 1. The highest BCUT2D eigenvalue weighted by atomic mass is 127. The number of alkyl halides is 3. The van der Waals surface area contributed by atoms with E-state index in [1.165, 1.54) is 17.7 Å². The molecule has 5 nitrogen and oxygen atoms in total. The summed E-state index contributed by atoms with van der Waals surface area (Å²) in [7, 11) is 5.47. The summed E-state index contributed by atoms with van der Waals surface area (Å²) in [6.07, 6.45) is -3.50. The molecule has 0 radical (unpaired) electrons. The molecule has 1 heterocycles. The number of hydrogen-bond acceptors (Lipinski definition) is 2. The molecule has 0 spiro atoms. The van der Waals surface area contributed by atoms with Gasteiger partial charge in [-0.15, -0.1) is 24.0 Å². The van der Waals surface area contributed by atoms with Crippen molar-refractivity contribution in [1.29, 1.82) is 0 Å². The Hall–Kier alpha value is -1.78. The predicted molar refractivity (Wildman–Crippen MR) is 116 cm³/mol. The molecule has 1 N–H and O–H groups in total. The van der Waals surface area contributed by atoms with Crippen LogP contribution in [0.4, 0.5) is 13.2 Å². The van der Waals surface area contributed by atoms with E-state index in [1.807, 2.05) is 37.5 Å². The first-order valence-corrected chi connectivity index (χ1v) is 8.70. The fourth-order valence-electron chi connectivity index (χ4n) is 3.01. The highest BCUT2D eigenvalue weighted by molar-refractivity contribution is 14.0. The molecule has 0 unspecified atom stereocenters. The van der Waals surface area contributed by atoms with Gasteiger partial charge in [-0.05, 0) is 43.5 Å². The van der Waals surface area contributed by atoms with E-state index in [0.29, 0.717) is 19.0 Å². The number of aliphatic imine (C=N–C) groups is 1. The largest absolute Gasteiger partial charge is 0.416 e. The fraction of sp³-hybridized carbons (Fsp3) is 0.474. The second kappa shape index (κ2) is 10.1. The second-order valence-electron chi connectivity index (χ2n) is 6.55. The maximum Gasteiger partial charge on any atom is 0.416 e. The zero-order chi connectivity index (χ0) is 20.2. The Labute approximate surface area is 181 Å². The Morgan fingerprint density at radius 3 is 2.29 bits per heavy atom. The number of benzene rings is 1. The lowest BCUT2D eigenvalue weighted by Crippen LogP contribution is -2.39. The molecule has 0 aliphatic rings. The molecule has 0 saturated carbocycles. The first-order valence-electron chi connectivity index (χ1n) is 8.70. The van der Waals surface area contributed by atoms with Gasteiger partial charge in [0.2, 0.25) is 0 Å². The van der Waals surface area contributed by atoms with Crippen molar-refractivity contribution in [2.24, 2.45) is 12.0 Å². The topological polar surface area (TPSA) is 45.5 Å². The highest BCUT2D eigenvalue weighted by Gasteiger charge is 2.29. The number of rotatable bonds is 5. The number of halogens is 4. The van der Waals surface area contributed by atoms with Gasteiger partial charge in [0.05, 0.1) is 11.3 Å².